The average molecular weight is 460 g/mol. The van der Waals surface area contributed by atoms with E-state index in [9.17, 15) is 19.5 Å². The zero-order valence-electron chi connectivity index (χ0n) is 17.7. The molecule has 3 heterocycles. The molecule has 0 spiro atoms. The van der Waals surface area contributed by atoms with Crippen molar-refractivity contribution in [3.05, 3.63) is 88.6 Å². The lowest BCUT2D eigenvalue weighted by Gasteiger charge is -2.29. The standard InChI is InChI=1S/C25H21N3O4S/c29-21-9-7-19(8-10-21)27-12-3-6-20(27)14-22-24(31)28(25(32)33-22)16-23(30)26-13-11-17-4-1-2-5-18(17)15-26/h1-10,12,14,29H,11,13,15-16H2/b22-14-. The Morgan fingerprint density at radius 2 is 1.76 bits per heavy atom. The number of aromatic hydroxyl groups is 1. The number of aromatic nitrogens is 1. The summed E-state index contributed by atoms with van der Waals surface area (Å²) in [7, 11) is 0. The van der Waals surface area contributed by atoms with Gasteiger partial charge in [-0.1, -0.05) is 24.3 Å². The van der Waals surface area contributed by atoms with Crippen molar-refractivity contribution in [1.29, 1.82) is 0 Å². The summed E-state index contributed by atoms with van der Waals surface area (Å²) in [6, 6.07) is 18.3. The number of benzene rings is 2. The minimum atomic E-state index is -0.464. The monoisotopic (exact) mass is 459 g/mol. The molecule has 0 saturated carbocycles. The summed E-state index contributed by atoms with van der Waals surface area (Å²) < 4.78 is 1.85. The Balaban J connectivity index is 1.31. The molecule has 166 valence electrons. The second-order valence-electron chi connectivity index (χ2n) is 7.92. The van der Waals surface area contributed by atoms with Crippen molar-refractivity contribution in [3.8, 4) is 11.4 Å². The molecular formula is C25H21N3O4S. The molecule has 0 bridgehead atoms. The second-order valence-corrected chi connectivity index (χ2v) is 8.91. The fraction of sp³-hybridized carbons (Fsp3) is 0.160. The number of carbonyl (C=O) groups is 3. The summed E-state index contributed by atoms with van der Waals surface area (Å²) in [6.45, 7) is 0.798. The van der Waals surface area contributed by atoms with Gasteiger partial charge in [0, 0.05) is 30.7 Å². The molecule has 2 aromatic carbocycles. The number of rotatable bonds is 4. The molecule has 0 unspecified atom stereocenters. The van der Waals surface area contributed by atoms with Gasteiger partial charge in [0.1, 0.15) is 12.3 Å². The largest absolute Gasteiger partial charge is 0.508 e. The van der Waals surface area contributed by atoms with Crippen LogP contribution in [0.1, 0.15) is 16.8 Å². The maximum absolute atomic E-state index is 13.0. The first-order chi connectivity index (χ1) is 16.0. The molecule has 33 heavy (non-hydrogen) atoms. The van der Waals surface area contributed by atoms with E-state index < -0.39 is 11.1 Å². The predicted molar refractivity (Wildman–Crippen MR) is 126 cm³/mol. The lowest BCUT2D eigenvalue weighted by Crippen LogP contribution is -2.44. The molecule has 7 nitrogen and oxygen atoms in total. The third-order valence-corrected chi connectivity index (χ3v) is 6.74. The Hall–Kier alpha value is -3.78. The van der Waals surface area contributed by atoms with Crippen molar-refractivity contribution in [1.82, 2.24) is 14.4 Å². The molecule has 1 saturated heterocycles. The highest BCUT2D eigenvalue weighted by Crippen LogP contribution is 2.33. The summed E-state index contributed by atoms with van der Waals surface area (Å²) in [5, 5.41) is 9.07. The van der Waals surface area contributed by atoms with Gasteiger partial charge in [0.15, 0.2) is 0 Å². The maximum atomic E-state index is 13.0. The normalized spacial score (nSPS) is 17.0. The molecule has 3 amide bonds. The number of hydrogen-bond donors (Lipinski definition) is 1. The van der Waals surface area contributed by atoms with Crippen LogP contribution in [0, 0.1) is 0 Å². The van der Waals surface area contributed by atoms with Crippen molar-refractivity contribution in [2.24, 2.45) is 0 Å². The van der Waals surface area contributed by atoms with Gasteiger partial charge in [0.25, 0.3) is 11.1 Å². The smallest absolute Gasteiger partial charge is 0.294 e. The highest BCUT2D eigenvalue weighted by molar-refractivity contribution is 8.18. The Morgan fingerprint density at radius 1 is 1.00 bits per heavy atom. The number of hydrogen-bond acceptors (Lipinski definition) is 5. The van der Waals surface area contributed by atoms with E-state index in [2.05, 4.69) is 6.07 Å². The van der Waals surface area contributed by atoms with Crippen LogP contribution in [0.4, 0.5) is 4.79 Å². The van der Waals surface area contributed by atoms with Crippen LogP contribution in [-0.2, 0) is 22.6 Å². The lowest BCUT2D eigenvalue weighted by molar-refractivity contribution is -0.136. The van der Waals surface area contributed by atoms with Crippen LogP contribution in [0.25, 0.3) is 11.8 Å². The third-order valence-electron chi connectivity index (χ3n) is 5.84. The molecule has 5 rings (SSSR count). The van der Waals surface area contributed by atoms with E-state index in [-0.39, 0.29) is 23.1 Å². The molecule has 0 atom stereocenters. The van der Waals surface area contributed by atoms with Gasteiger partial charge in [-0.3, -0.25) is 19.3 Å². The Labute approximate surface area is 194 Å². The summed E-state index contributed by atoms with van der Waals surface area (Å²) in [5.41, 5.74) is 3.85. The Morgan fingerprint density at radius 3 is 2.55 bits per heavy atom. The van der Waals surface area contributed by atoms with Crippen molar-refractivity contribution < 1.29 is 19.5 Å². The minimum Gasteiger partial charge on any atom is -0.508 e. The lowest BCUT2D eigenvalue weighted by atomic mass is 10.00. The van der Waals surface area contributed by atoms with Gasteiger partial charge in [0.05, 0.1) is 4.91 Å². The summed E-state index contributed by atoms with van der Waals surface area (Å²) in [4.78, 5) is 41.4. The maximum Gasteiger partial charge on any atom is 0.294 e. The van der Waals surface area contributed by atoms with Crippen LogP contribution in [0.5, 0.6) is 5.75 Å². The molecule has 0 aliphatic carbocycles. The van der Waals surface area contributed by atoms with Crippen LogP contribution in [0.3, 0.4) is 0 Å². The third kappa shape index (κ3) is 4.17. The molecule has 2 aliphatic heterocycles. The first kappa shape index (κ1) is 21.1. The zero-order chi connectivity index (χ0) is 22.9. The molecule has 0 radical (unpaired) electrons. The van der Waals surface area contributed by atoms with Crippen LogP contribution in [0.15, 0.2) is 71.8 Å². The zero-order valence-corrected chi connectivity index (χ0v) is 18.5. The number of amides is 3. The quantitative estimate of drug-likeness (QED) is 0.600. The average Bonchev–Trinajstić information content (AvgIpc) is 3.39. The van der Waals surface area contributed by atoms with Crippen LogP contribution < -0.4 is 0 Å². The van der Waals surface area contributed by atoms with E-state index in [0.29, 0.717) is 18.8 Å². The molecular weight excluding hydrogens is 438 g/mol. The fourth-order valence-electron chi connectivity index (χ4n) is 4.07. The number of phenols is 1. The van der Waals surface area contributed by atoms with Gasteiger partial charge in [-0.25, -0.2) is 0 Å². The minimum absolute atomic E-state index is 0.162. The molecule has 2 aliphatic rings. The van der Waals surface area contributed by atoms with Crippen molar-refractivity contribution in [2.75, 3.05) is 13.1 Å². The van der Waals surface area contributed by atoms with Gasteiger partial charge in [0.2, 0.25) is 5.91 Å². The SMILES string of the molecule is O=C(CN1C(=O)S/C(=C\c2cccn2-c2ccc(O)cc2)C1=O)N1CCc2ccccc2C1. The van der Waals surface area contributed by atoms with Crippen LogP contribution in [0.2, 0.25) is 0 Å². The molecule has 1 fully saturated rings. The van der Waals surface area contributed by atoms with E-state index in [0.717, 1.165) is 34.3 Å². The van der Waals surface area contributed by atoms with Crippen molar-refractivity contribution in [3.63, 3.8) is 0 Å². The number of imide groups is 1. The topological polar surface area (TPSA) is 82.9 Å². The molecule has 1 aromatic heterocycles. The second kappa shape index (κ2) is 8.63. The van der Waals surface area contributed by atoms with Gasteiger partial charge >= 0.3 is 0 Å². The molecule has 1 N–H and O–H groups in total. The van der Waals surface area contributed by atoms with E-state index in [1.807, 2.05) is 41.1 Å². The van der Waals surface area contributed by atoms with E-state index >= 15 is 0 Å². The highest BCUT2D eigenvalue weighted by atomic mass is 32.2. The summed E-state index contributed by atoms with van der Waals surface area (Å²) >= 11 is 0.838. The van der Waals surface area contributed by atoms with Gasteiger partial charge < -0.3 is 14.6 Å². The molecule has 3 aromatic rings. The van der Waals surface area contributed by atoms with E-state index in [1.165, 1.54) is 5.56 Å². The van der Waals surface area contributed by atoms with Crippen LogP contribution in [-0.4, -0.2) is 49.6 Å². The van der Waals surface area contributed by atoms with Gasteiger partial charge in [-0.2, -0.15) is 0 Å². The van der Waals surface area contributed by atoms with Crippen molar-refractivity contribution >= 4 is 34.9 Å². The van der Waals surface area contributed by atoms with Gasteiger partial charge in [-0.15, -0.1) is 0 Å². The number of nitrogens with zero attached hydrogens (tertiary/aromatic N) is 3. The Bertz CT molecular complexity index is 1280. The fourth-order valence-corrected chi connectivity index (χ4v) is 4.90. The number of fused-ring (bicyclic) bond motifs is 1. The number of phenolic OH excluding ortho intramolecular Hbond substituents is 1. The highest BCUT2D eigenvalue weighted by Gasteiger charge is 2.37. The number of thioether (sulfide) groups is 1. The van der Waals surface area contributed by atoms with Crippen LogP contribution >= 0.6 is 11.8 Å². The predicted octanol–water partition coefficient (Wildman–Crippen LogP) is 3.80. The van der Waals surface area contributed by atoms with Gasteiger partial charge in [-0.05, 0) is 71.8 Å². The van der Waals surface area contributed by atoms with E-state index in [1.54, 1.807) is 35.2 Å². The molecule has 8 heteroatoms. The number of carbonyl (C=O) groups excluding carboxylic acids is 3. The summed E-state index contributed by atoms with van der Waals surface area (Å²) in [6.07, 6.45) is 4.25. The summed E-state index contributed by atoms with van der Waals surface area (Å²) in [5.74, 6) is -0.537. The Kier molecular flexibility index (Phi) is 5.51. The van der Waals surface area contributed by atoms with E-state index in [4.69, 9.17) is 0 Å². The first-order valence-electron chi connectivity index (χ1n) is 10.6. The van der Waals surface area contributed by atoms with Crippen molar-refractivity contribution in [2.45, 2.75) is 13.0 Å². The first-order valence-corrected chi connectivity index (χ1v) is 11.4.